The zero-order valence-electron chi connectivity index (χ0n) is 10.9. The number of nitrogens with zero attached hydrogens (tertiary/aromatic N) is 2. The van der Waals surface area contributed by atoms with E-state index in [9.17, 15) is 4.79 Å². The highest BCUT2D eigenvalue weighted by Gasteiger charge is 2.07. The van der Waals surface area contributed by atoms with Gasteiger partial charge in [0.15, 0.2) is 0 Å². The van der Waals surface area contributed by atoms with Crippen LogP contribution in [0.5, 0.6) is 5.75 Å². The molecule has 1 heterocycles. The van der Waals surface area contributed by atoms with Crippen LogP contribution >= 0.6 is 11.3 Å². The van der Waals surface area contributed by atoms with Crippen LogP contribution in [-0.2, 0) is 11.3 Å². The molecule has 0 bridgehead atoms. The highest BCUT2D eigenvalue weighted by molar-refractivity contribution is 7.15. The lowest BCUT2D eigenvalue weighted by Gasteiger charge is -2.05. The molecule has 0 atom stereocenters. The first-order valence-electron chi connectivity index (χ1n) is 6.28. The molecule has 7 heteroatoms. The number of nitrogens with one attached hydrogen (secondary N) is 1. The van der Waals surface area contributed by atoms with Crippen LogP contribution in [-0.4, -0.2) is 22.7 Å². The number of ether oxygens (including phenoxy) is 1. The number of nitrogens with two attached hydrogens (primary N) is 1. The number of hydrogen-bond acceptors (Lipinski definition) is 6. The second-order valence-corrected chi connectivity index (χ2v) is 5.08. The van der Waals surface area contributed by atoms with Gasteiger partial charge in [0, 0.05) is 13.0 Å². The van der Waals surface area contributed by atoms with Gasteiger partial charge in [-0.05, 0) is 18.6 Å². The van der Waals surface area contributed by atoms with E-state index in [0.29, 0.717) is 36.1 Å². The number of para-hydroxylation sites is 1. The van der Waals surface area contributed by atoms with E-state index in [4.69, 9.17) is 10.5 Å². The minimum atomic E-state index is -0.0959. The summed E-state index contributed by atoms with van der Waals surface area (Å²) in [6, 6.07) is 9.52. The molecule has 0 aliphatic rings. The first-order chi connectivity index (χ1) is 9.78. The van der Waals surface area contributed by atoms with Crippen molar-refractivity contribution in [3.8, 4) is 5.75 Å². The molecule has 0 saturated heterocycles. The van der Waals surface area contributed by atoms with E-state index in [-0.39, 0.29) is 5.91 Å². The molecule has 0 spiro atoms. The van der Waals surface area contributed by atoms with Gasteiger partial charge >= 0.3 is 0 Å². The number of carbonyl (C=O) groups is 1. The molecule has 20 heavy (non-hydrogen) atoms. The third-order valence-electron chi connectivity index (χ3n) is 2.45. The van der Waals surface area contributed by atoms with Crippen LogP contribution in [0.1, 0.15) is 17.8 Å². The molecule has 0 fully saturated rings. The van der Waals surface area contributed by atoms with Crippen molar-refractivity contribution in [2.75, 3.05) is 11.9 Å². The Labute approximate surface area is 121 Å². The summed E-state index contributed by atoms with van der Waals surface area (Å²) in [4.78, 5) is 11.7. The van der Waals surface area contributed by atoms with Gasteiger partial charge in [0.25, 0.3) is 0 Å². The molecule has 0 radical (unpaired) electrons. The van der Waals surface area contributed by atoms with Crippen molar-refractivity contribution in [1.29, 1.82) is 0 Å². The molecule has 0 saturated carbocycles. The monoisotopic (exact) mass is 292 g/mol. The minimum Gasteiger partial charge on any atom is -0.494 e. The molecule has 6 nitrogen and oxygen atoms in total. The van der Waals surface area contributed by atoms with Gasteiger partial charge in [0.05, 0.1) is 6.61 Å². The number of aromatic nitrogens is 2. The molecule has 1 amide bonds. The predicted molar refractivity (Wildman–Crippen MR) is 77.6 cm³/mol. The fraction of sp³-hybridized carbons (Fsp3) is 0.308. The maximum Gasteiger partial charge on any atom is 0.226 e. The summed E-state index contributed by atoms with van der Waals surface area (Å²) in [5.74, 6) is 0.714. The van der Waals surface area contributed by atoms with Crippen LogP contribution in [0.25, 0.3) is 0 Å². The van der Waals surface area contributed by atoms with E-state index in [1.807, 2.05) is 30.3 Å². The van der Waals surface area contributed by atoms with Crippen molar-refractivity contribution in [2.24, 2.45) is 5.73 Å². The lowest BCUT2D eigenvalue weighted by molar-refractivity contribution is -0.116. The van der Waals surface area contributed by atoms with E-state index in [2.05, 4.69) is 15.5 Å². The van der Waals surface area contributed by atoms with Gasteiger partial charge in [0.1, 0.15) is 10.8 Å². The molecule has 0 unspecified atom stereocenters. The smallest absolute Gasteiger partial charge is 0.226 e. The maximum atomic E-state index is 11.7. The number of anilines is 1. The normalized spacial score (nSPS) is 10.2. The number of benzene rings is 1. The molecule has 2 aromatic rings. The molecule has 0 aliphatic carbocycles. The van der Waals surface area contributed by atoms with Crippen LogP contribution in [0.3, 0.4) is 0 Å². The van der Waals surface area contributed by atoms with Gasteiger partial charge in [-0.15, -0.1) is 10.2 Å². The summed E-state index contributed by atoms with van der Waals surface area (Å²) in [6.45, 7) is 0.833. The molecule has 106 valence electrons. The van der Waals surface area contributed by atoms with E-state index in [0.717, 1.165) is 5.75 Å². The van der Waals surface area contributed by atoms with E-state index < -0.39 is 0 Å². The number of hydrogen-bond donors (Lipinski definition) is 2. The minimum absolute atomic E-state index is 0.0959. The summed E-state index contributed by atoms with van der Waals surface area (Å²) in [5.41, 5.74) is 5.43. The van der Waals surface area contributed by atoms with E-state index in [1.54, 1.807) is 0 Å². The lowest BCUT2D eigenvalue weighted by Crippen LogP contribution is -2.12. The largest absolute Gasteiger partial charge is 0.494 e. The van der Waals surface area contributed by atoms with Gasteiger partial charge in [-0.25, -0.2) is 0 Å². The number of rotatable bonds is 7. The third-order valence-corrected chi connectivity index (χ3v) is 3.31. The highest BCUT2D eigenvalue weighted by Crippen LogP contribution is 2.15. The SMILES string of the molecule is NCc1nnc(NC(=O)CCCOc2ccccc2)s1. The van der Waals surface area contributed by atoms with Crippen LogP contribution in [0, 0.1) is 0 Å². The second-order valence-electron chi connectivity index (χ2n) is 4.02. The Bertz CT molecular complexity index is 544. The summed E-state index contributed by atoms with van der Waals surface area (Å²) in [7, 11) is 0. The summed E-state index contributed by atoms with van der Waals surface area (Å²) < 4.78 is 5.51. The molecule has 1 aromatic heterocycles. The summed E-state index contributed by atoms with van der Waals surface area (Å²) >= 11 is 1.29. The Morgan fingerprint density at radius 2 is 2.10 bits per heavy atom. The molecule has 1 aromatic carbocycles. The van der Waals surface area contributed by atoms with Crippen molar-refractivity contribution in [2.45, 2.75) is 19.4 Å². The van der Waals surface area contributed by atoms with Crippen molar-refractivity contribution < 1.29 is 9.53 Å². The molecule has 2 rings (SSSR count). The van der Waals surface area contributed by atoms with Crippen LogP contribution in [0.4, 0.5) is 5.13 Å². The topological polar surface area (TPSA) is 90.1 Å². The van der Waals surface area contributed by atoms with Gasteiger partial charge in [-0.1, -0.05) is 29.5 Å². The standard InChI is InChI=1S/C13H16N4O2S/c14-9-12-16-17-13(20-12)15-11(18)7-4-8-19-10-5-2-1-3-6-10/h1-3,5-6H,4,7-9,14H2,(H,15,17,18). The van der Waals surface area contributed by atoms with Crippen molar-refractivity contribution >= 4 is 22.4 Å². The van der Waals surface area contributed by atoms with Crippen LogP contribution in [0.2, 0.25) is 0 Å². The molecule has 3 N–H and O–H groups in total. The average molecular weight is 292 g/mol. The summed E-state index contributed by atoms with van der Waals surface area (Å²) in [5, 5.41) is 11.5. The zero-order valence-corrected chi connectivity index (χ0v) is 11.7. The Balaban J connectivity index is 1.65. The maximum absolute atomic E-state index is 11.7. The summed E-state index contributed by atoms with van der Waals surface area (Å²) in [6.07, 6.45) is 1.02. The van der Waals surface area contributed by atoms with Crippen molar-refractivity contribution in [1.82, 2.24) is 10.2 Å². The van der Waals surface area contributed by atoms with E-state index >= 15 is 0 Å². The van der Waals surface area contributed by atoms with Crippen molar-refractivity contribution in [3.05, 3.63) is 35.3 Å². The Morgan fingerprint density at radius 3 is 2.80 bits per heavy atom. The van der Waals surface area contributed by atoms with Gasteiger partial charge in [0.2, 0.25) is 11.0 Å². The average Bonchev–Trinajstić information content (AvgIpc) is 2.92. The van der Waals surface area contributed by atoms with E-state index in [1.165, 1.54) is 11.3 Å². The molecular weight excluding hydrogens is 276 g/mol. The fourth-order valence-corrected chi connectivity index (χ4v) is 2.14. The zero-order chi connectivity index (χ0) is 14.2. The highest BCUT2D eigenvalue weighted by atomic mass is 32.1. The first kappa shape index (κ1) is 14.4. The number of carbonyl (C=O) groups excluding carboxylic acids is 1. The van der Waals surface area contributed by atoms with Crippen LogP contribution in [0.15, 0.2) is 30.3 Å². The third kappa shape index (κ3) is 4.60. The fourth-order valence-electron chi connectivity index (χ4n) is 1.51. The van der Waals surface area contributed by atoms with Gasteiger partial charge in [-0.3, -0.25) is 4.79 Å². The quantitative estimate of drug-likeness (QED) is 0.759. The first-order valence-corrected chi connectivity index (χ1v) is 7.09. The Kier molecular flexibility index (Phi) is 5.45. The second kappa shape index (κ2) is 7.56. The Hall–Kier alpha value is -1.99. The predicted octanol–water partition coefficient (Wildman–Crippen LogP) is 1.79. The molecule has 0 aliphatic heterocycles. The molecular formula is C13H16N4O2S. The van der Waals surface area contributed by atoms with Crippen LogP contribution < -0.4 is 15.8 Å². The Morgan fingerprint density at radius 1 is 1.30 bits per heavy atom. The van der Waals surface area contributed by atoms with Gasteiger partial charge in [-0.2, -0.15) is 0 Å². The van der Waals surface area contributed by atoms with Gasteiger partial charge < -0.3 is 15.8 Å². The lowest BCUT2D eigenvalue weighted by atomic mass is 10.3. The van der Waals surface area contributed by atoms with Crippen molar-refractivity contribution in [3.63, 3.8) is 0 Å². The number of amides is 1.